The van der Waals surface area contributed by atoms with E-state index in [1.807, 2.05) is 37.4 Å². The molecule has 0 amide bonds. The van der Waals surface area contributed by atoms with Gasteiger partial charge in [-0.3, -0.25) is 5.43 Å². The molecule has 2 heterocycles. The summed E-state index contributed by atoms with van der Waals surface area (Å²) >= 11 is 3.97. The minimum atomic E-state index is 0.00109. The highest BCUT2D eigenvalue weighted by Gasteiger charge is 2.15. The van der Waals surface area contributed by atoms with Crippen LogP contribution in [0.2, 0.25) is 0 Å². The number of rotatable bonds is 6. The molecule has 2 rings (SSSR count). The lowest BCUT2D eigenvalue weighted by atomic mass is 10.5. The van der Waals surface area contributed by atoms with Gasteiger partial charge in [-0.2, -0.15) is 38.5 Å². The molecule has 1 unspecified atom stereocenters. The topological polar surface area (TPSA) is 98.0 Å². The van der Waals surface area contributed by atoms with Crippen LogP contribution >= 0.6 is 23.5 Å². The highest BCUT2D eigenvalue weighted by molar-refractivity contribution is 8.06. The molecule has 20 heavy (non-hydrogen) atoms. The molecule has 1 atom stereocenters. The first kappa shape index (κ1) is 15.5. The number of nitrogens with zero attached hydrogens (tertiary/aromatic N) is 3. The van der Waals surface area contributed by atoms with E-state index in [2.05, 4.69) is 25.7 Å². The maximum Gasteiger partial charge on any atom is 0.323 e. The molecule has 0 aromatic carbocycles. The summed E-state index contributed by atoms with van der Waals surface area (Å²) in [6.45, 7) is 4.66. The SMILES string of the molecule is CC(C)Oc1nc(NN)nc(NCC2CSCCS2)n1. The van der Waals surface area contributed by atoms with Crippen LogP contribution in [0.15, 0.2) is 0 Å². The monoisotopic (exact) mass is 316 g/mol. The number of hydrogen-bond donors (Lipinski definition) is 3. The number of nitrogen functional groups attached to an aromatic ring is 1. The van der Waals surface area contributed by atoms with E-state index in [-0.39, 0.29) is 12.1 Å². The Bertz CT molecular complexity index is 427. The predicted octanol–water partition coefficient (Wildman–Crippen LogP) is 1.20. The highest BCUT2D eigenvalue weighted by Crippen LogP contribution is 2.24. The quantitative estimate of drug-likeness (QED) is 0.528. The van der Waals surface area contributed by atoms with E-state index in [4.69, 9.17) is 10.6 Å². The summed E-state index contributed by atoms with van der Waals surface area (Å²) in [5, 5.41) is 3.81. The zero-order valence-electron chi connectivity index (χ0n) is 11.6. The third-order valence-electron chi connectivity index (χ3n) is 2.46. The molecule has 112 valence electrons. The second kappa shape index (κ2) is 7.75. The molecule has 0 bridgehead atoms. The number of aromatic nitrogens is 3. The van der Waals surface area contributed by atoms with Crippen molar-refractivity contribution >= 4 is 35.4 Å². The van der Waals surface area contributed by atoms with Gasteiger partial charge in [-0.1, -0.05) is 0 Å². The Morgan fingerprint density at radius 1 is 1.30 bits per heavy atom. The summed E-state index contributed by atoms with van der Waals surface area (Å²) < 4.78 is 5.48. The summed E-state index contributed by atoms with van der Waals surface area (Å²) in [6.07, 6.45) is 0.00109. The summed E-state index contributed by atoms with van der Waals surface area (Å²) in [5.74, 6) is 9.73. The normalized spacial score (nSPS) is 18.9. The van der Waals surface area contributed by atoms with E-state index in [9.17, 15) is 0 Å². The molecule has 0 saturated carbocycles. The van der Waals surface area contributed by atoms with Crippen molar-refractivity contribution in [2.45, 2.75) is 25.2 Å². The predicted molar refractivity (Wildman–Crippen MR) is 85.5 cm³/mol. The Hall–Kier alpha value is -0.930. The van der Waals surface area contributed by atoms with Gasteiger partial charge in [0.05, 0.1) is 6.10 Å². The maximum absolute atomic E-state index is 5.48. The van der Waals surface area contributed by atoms with E-state index in [0.717, 1.165) is 12.3 Å². The number of hydrazine groups is 1. The van der Waals surface area contributed by atoms with Gasteiger partial charge in [0.15, 0.2) is 0 Å². The number of ether oxygens (including phenoxy) is 1. The first-order valence-corrected chi connectivity index (χ1v) is 8.70. The van der Waals surface area contributed by atoms with Crippen molar-refractivity contribution in [3.63, 3.8) is 0 Å². The Labute approximate surface area is 127 Å². The van der Waals surface area contributed by atoms with E-state index in [1.165, 1.54) is 11.5 Å². The Balaban J connectivity index is 1.98. The average Bonchev–Trinajstić information content (AvgIpc) is 2.45. The van der Waals surface area contributed by atoms with Crippen molar-refractivity contribution in [3.05, 3.63) is 0 Å². The molecule has 7 nitrogen and oxygen atoms in total. The Morgan fingerprint density at radius 3 is 2.75 bits per heavy atom. The fraction of sp³-hybridized carbons (Fsp3) is 0.727. The highest BCUT2D eigenvalue weighted by atomic mass is 32.2. The van der Waals surface area contributed by atoms with Gasteiger partial charge < -0.3 is 10.1 Å². The van der Waals surface area contributed by atoms with Crippen LogP contribution in [0.3, 0.4) is 0 Å². The zero-order valence-corrected chi connectivity index (χ0v) is 13.3. The van der Waals surface area contributed by atoms with Gasteiger partial charge in [0.2, 0.25) is 11.9 Å². The molecule has 0 radical (unpaired) electrons. The van der Waals surface area contributed by atoms with Crippen LogP contribution in [0.1, 0.15) is 13.8 Å². The van der Waals surface area contributed by atoms with Gasteiger partial charge in [0.1, 0.15) is 0 Å². The lowest BCUT2D eigenvalue weighted by Gasteiger charge is -2.21. The number of hydrogen-bond acceptors (Lipinski definition) is 9. The molecule has 0 aliphatic carbocycles. The van der Waals surface area contributed by atoms with Gasteiger partial charge in [-0.15, -0.1) is 0 Å². The molecular formula is C11H20N6OS2. The Morgan fingerprint density at radius 2 is 2.10 bits per heavy atom. The minimum absolute atomic E-state index is 0.00109. The maximum atomic E-state index is 5.48. The summed E-state index contributed by atoms with van der Waals surface area (Å²) in [6, 6.07) is 0.274. The smallest absolute Gasteiger partial charge is 0.323 e. The fourth-order valence-electron chi connectivity index (χ4n) is 1.62. The second-order valence-corrected chi connectivity index (χ2v) is 7.08. The van der Waals surface area contributed by atoms with E-state index in [0.29, 0.717) is 17.1 Å². The van der Waals surface area contributed by atoms with Crippen LogP contribution in [0.4, 0.5) is 11.9 Å². The third kappa shape index (κ3) is 4.88. The molecule has 1 saturated heterocycles. The van der Waals surface area contributed by atoms with Gasteiger partial charge in [-0.25, -0.2) is 5.84 Å². The van der Waals surface area contributed by atoms with Crippen LogP contribution in [0.5, 0.6) is 6.01 Å². The van der Waals surface area contributed by atoms with Crippen LogP contribution in [0.25, 0.3) is 0 Å². The van der Waals surface area contributed by atoms with Crippen molar-refractivity contribution in [1.29, 1.82) is 0 Å². The fourth-order valence-corrected chi connectivity index (χ4v) is 4.24. The molecule has 1 aromatic rings. The number of thioether (sulfide) groups is 2. The molecular weight excluding hydrogens is 296 g/mol. The summed E-state index contributed by atoms with van der Waals surface area (Å²) in [5.41, 5.74) is 2.43. The first-order valence-electron chi connectivity index (χ1n) is 6.50. The van der Waals surface area contributed by atoms with E-state index >= 15 is 0 Å². The van der Waals surface area contributed by atoms with Gasteiger partial charge >= 0.3 is 6.01 Å². The van der Waals surface area contributed by atoms with Crippen molar-refractivity contribution < 1.29 is 4.74 Å². The van der Waals surface area contributed by atoms with Crippen LogP contribution < -0.4 is 21.3 Å². The average molecular weight is 316 g/mol. The van der Waals surface area contributed by atoms with E-state index in [1.54, 1.807) is 0 Å². The third-order valence-corrected chi connectivity index (χ3v) is 5.30. The number of anilines is 2. The first-order chi connectivity index (χ1) is 9.67. The number of nitrogens with two attached hydrogens (primary N) is 1. The van der Waals surface area contributed by atoms with E-state index < -0.39 is 0 Å². The van der Waals surface area contributed by atoms with Crippen LogP contribution in [-0.4, -0.2) is 50.1 Å². The van der Waals surface area contributed by atoms with Crippen molar-refractivity contribution in [3.8, 4) is 6.01 Å². The van der Waals surface area contributed by atoms with Crippen molar-refractivity contribution in [2.24, 2.45) is 5.84 Å². The molecule has 1 aliphatic rings. The summed E-state index contributed by atoms with van der Waals surface area (Å²) in [7, 11) is 0. The van der Waals surface area contributed by atoms with Crippen molar-refractivity contribution in [1.82, 2.24) is 15.0 Å². The Kier molecular flexibility index (Phi) is 5.99. The molecule has 9 heteroatoms. The van der Waals surface area contributed by atoms with Gasteiger partial charge in [0.25, 0.3) is 0 Å². The lowest BCUT2D eigenvalue weighted by molar-refractivity contribution is 0.222. The zero-order chi connectivity index (χ0) is 14.4. The summed E-state index contributed by atoms with van der Waals surface area (Å²) in [4.78, 5) is 12.5. The van der Waals surface area contributed by atoms with Gasteiger partial charge in [-0.05, 0) is 13.8 Å². The van der Waals surface area contributed by atoms with Crippen LogP contribution in [-0.2, 0) is 0 Å². The molecule has 1 fully saturated rings. The largest absolute Gasteiger partial charge is 0.461 e. The molecule has 0 spiro atoms. The molecule has 4 N–H and O–H groups in total. The van der Waals surface area contributed by atoms with Crippen molar-refractivity contribution in [2.75, 3.05) is 34.5 Å². The minimum Gasteiger partial charge on any atom is -0.461 e. The molecule has 1 aromatic heterocycles. The van der Waals surface area contributed by atoms with Crippen LogP contribution in [0, 0.1) is 0 Å². The molecule has 1 aliphatic heterocycles. The number of nitrogens with one attached hydrogen (secondary N) is 2. The van der Waals surface area contributed by atoms with Gasteiger partial charge in [0, 0.05) is 29.1 Å². The second-order valence-electron chi connectivity index (χ2n) is 4.52. The lowest BCUT2D eigenvalue weighted by Crippen LogP contribution is -2.24. The standard InChI is InChI=1S/C11H20N6OS2/c1-7(2)18-11-15-9(14-10(16-11)17-12)13-5-8-6-19-3-4-20-8/h7-8H,3-6,12H2,1-2H3,(H2,13,14,15,16,17).